The first-order chi connectivity index (χ1) is 20.9. The second kappa shape index (κ2) is 14.2. The molecule has 4 aromatic rings. The highest BCUT2D eigenvalue weighted by atomic mass is 16.4. The van der Waals surface area contributed by atoms with Gasteiger partial charge in [-0.25, -0.2) is 4.79 Å². The number of para-hydroxylation sites is 2. The first-order valence-corrected chi connectivity index (χ1v) is 14.6. The fraction of sp³-hybridized carbons (Fsp3) is 0.375. The summed E-state index contributed by atoms with van der Waals surface area (Å²) in [5, 5.41) is 29.6. The SMILES string of the molecule is CC(C)CC(NC(=O)C(Cc1c[nH]c2ccccc12)NC(=O)C(NC(=O)C(N)Cc1c[nH]c2ccccc12)C(C)O)C(=O)O. The molecule has 0 saturated heterocycles. The molecule has 0 aliphatic rings. The molecule has 3 amide bonds. The highest BCUT2D eigenvalue weighted by Gasteiger charge is 2.33. The number of benzene rings is 2. The molecule has 12 nitrogen and oxygen atoms in total. The molecule has 0 aliphatic heterocycles. The molecule has 5 unspecified atom stereocenters. The van der Waals surface area contributed by atoms with E-state index in [9.17, 15) is 29.4 Å². The van der Waals surface area contributed by atoms with Crippen LogP contribution in [0, 0.1) is 5.92 Å². The van der Waals surface area contributed by atoms with Crippen LogP contribution in [0.5, 0.6) is 0 Å². The number of rotatable bonds is 14. The number of aliphatic carboxylic acids is 1. The van der Waals surface area contributed by atoms with E-state index in [1.165, 1.54) is 6.92 Å². The Kier molecular flexibility index (Phi) is 10.4. The zero-order chi connectivity index (χ0) is 32.0. The summed E-state index contributed by atoms with van der Waals surface area (Å²) in [5.74, 6) is -3.38. The van der Waals surface area contributed by atoms with Gasteiger partial charge in [0.05, 0.1) is 12.1 Å². The number of hydrogen-bond acceptors (Lipinski definition) is 6. The molecular weight excluding hydrogens is 564 g/mol. The Hall–Kier alpha value is -4.68. The second-order valence-corrected chi connectivity index (χ2v) is 11.6. The van der Waals surface area contributed by atoms with Crippen LogP contribution < -0.4 is 21.7 Å². The summed E-state index contributed by atoms with van der Waals surface area (Å²) in [6, 6.07) is 10.2. The summed E-state index contributed by atoms with van der Waals surface area (Å²) in [7, 11) is 0. The molecule has 0 aliphatic carbocycles. The van der Waals surface area contributed by atoms with Gasteiger partial charge in [0.2, 0.25) is 17.7 Å². The van der Waals surface area contributed by atoms with Gasteiger partial charge in [-0.3, -0.25) is 14.4 Å². The van der Waals surface area contributed by atoms with Crippen LogP contribution in [0.1, 0.15) is 38.3 Å². The number of H-pyrrole nitrogens is 2. The van der Waals surface area contributed by atoms with Gasteiger partial charge in [0.1, 0.15) is 18.1 Å². The summed E-state index contributed by atoms with van der Waals surface area (Å²) in [5.41, 5.74) is 9.47. The topological polar surface area (TPSA) is 202 Å². The molecule has 0 radical (unpaired) electrons. The van der Waals surface area contributed by atoms with E-state index in [1.807, 2.05) is 62.4 Å². The summed E-state index contributed by atoms with van der Waals surface area (Å²) in [4.78, 5) is 58.2. The molecular formula is C32H40N6O6. The van der Waals surface area contributed by atoms with Crippen molar-refractivity contribution in [1.29, 1.82) is 0 Å². The lowest BCUT2D eigenvalue weighted by Gasteiger charge is -2.26. The Morgan fingerprint density at radius 3 is 1.80 bits per heavy atom. The van der Waals surface area contributed by atoms with Crippen molar-refractivity contribution >= 4 is 45.5 Å². The Balaban J connectivity index is 1.51. The number of carbonyl (C=O) groups is 4. The number of hydrogen-bond donors (Lipinski definition) is 8. The third-order valence-corrected chi connectivity index (χ3v) is 7.57. The van der Waals surface area contributed by atoms with E-state index in [2.05, 4.69) is 25.9 Å². The van der Waals surface area contributed by atoms with Gasteiger partial charge in [0, 0.05) is 40.6 Å². The van der Waals surface area contributed by atoms with E-state index in [-0.39, 0.29) is 25.2 Å². The van der Waals surface area contributed by atoms with Gasteiger partial charge < -0.3 is 41.9 Å². The Morgan fingerprint density at radius 2 is 1.27 bits per heavy atom. The number of nitrogens with one attached hydrogen (secondary N) is 5. The van der Waals surface area contributed by atoms with Crippen LogP contribution in [0.2, 0.25) is 0 Å². The van der Waals surface area contributed by atoms with Crippen molar-refractivity contribution in [2.24, 2.45) is 11.7 Å². The zero-order valence-corrected chi connectivity index (χ0v) is 25.0. The third kappa shape index (κ3) is 7.82. The number of carboxylic acid groups (broad SMARTS) is 1. The number of carbonyl (C=O) groups excluding carboxylic acids is 3. The molecule has 2 aromatic heterocycles. The average molecular weight is 605 g/mol. The van der Waals surface area contributed by atoms with Gasteiger partial charge in [-0.05, 0) is 48.9 Å². The minimum atomic E-state index is -1.43. The Bertz CT molecular complexity index is 1630. The molecule has 234 valence electrons. The molecule has 9 N–H and O–H groups in total. The van der Waals surface area contributed by atoms with E-state index in [4.69, 9.17) is 5.73 Å². The van der Waals surface area contributed by atoms with E-state index in [1.54, 1.807) is 12.4 Å². The molecule has 12 heteroatoms. The zero-order valence-electron chi connectivity index (χ0n) is 25.0. The lowest BCUT2D eigenvalue weighted by atomic mass is 10.0. The van der Waals surface area contributed by atoms with Crippen molar-refractivity contribution < 1.29 is 29.4 Å². The van der Waals surface area contributed by atoms with E-state index < -0.39 is 54.0 Å². The first kappa shape index (κ1) is 32.2. The lowest BCUT2D eigenvalue weighted by molar-refractivity contribution is -0.143. The maximum Gasteiger partial charge on any atom is 0.326 e. The van der Waals surface area contributed by atoms with Crippen LogP contribution in [0.3, 0.4) is 0 Å². The fourth-order valence-corrected chi connectivity index (χ4v) is 5.25. The normalized spacial score (nSPS) is 15.0. The predicted molar refractivity (Wildman–Crippen MR) is 167 cm³/mol. The maximum absolute atomic E-state index is 13.5. The monoisotopic (exact) mass is 604 g/mol. The number of fused-ring (bicyclic) bond motifs is 2. The second-order valence-electron chi connectivity index (χ2n) is 11.6. The van der Waals surface area contributed by atoms with Crippen LogP contribution >= 0.6 is 0 Å². The van der Waals surface area contributed by atoms with Crippen molar-refractivity contribution in [3.8, 4) is 0 Å². The van der Waals surface area contributed by atoms with Crippen molar-refractivity contribution in [3.05, 3.63) is 72.1 Å². The fourth-order valence-electron chi connectivity index (χ4n) is 5.25. The van der Waals surface area contributed by atoms with Crippen LogP contribution in [0.25, 0.3) is 21.8 Å². The number of aliphatic hydroxyl groups is 1. The van der Waals surface area contributed by atoms with Crippen LogP contribution in [-0.4, -0.2) is 74.1 Å². The van der Waals surface area contributed by atoms with Crippen molar-refractivity contribution in [2.45, 2.75) is 70.3 Å². The molecule has 0 saturated carbocycles. The van der Waals surface area contributed by atoms with Crippen LogP contribution in [0.4, 0.5) is 0 Å². The molecule has 4 rings (SSSR count). The standard InChI is InChI=1S/C32H40N6O6/c1-17(2)12-27(32(43)44)37-30(41)26(14-20-16-35-25-11-7-5-9-22(20)25)36-31(42)28(18(3)39)38-29(40)23(33)13-19-15-34-24-10-6-4-8-21(19)24/h4-11,15-18,23,26-28,34-35,39H,12-14,33H2,1-3H3,(H,36,42)(H,37,41)(H,38,40)(H,43,44). The van der Waals surface area contributed by atoms with Gasteiger partial charge in [-0.1, -0.05) is 50.2 Å². The number of aromatic nitrogens is 2. The van der Waals surface area contributed by atoms with Crippen LogP contribution in [0.15, 0.2) is 60.9 Å². The maximum atomic E-state index is 13.5. The van der Waals surface area contributed by atoms with Crippen molar-refractivity contribution in [2.75, 3.05) is 0 Å². The molecule has 2 heterocycles. The largest absolute Gasteiger partial charge is 0.480 e. The van der Waals surface area contributed by atoms with E-state index in [0.717, 1.165) is 32.9 Å². The van der Waals surface area contributed by atoms with Gasteiger partial charge in [-0.2, -0.15) is 0 Å². The molecule has 5 atom stereocenters. The number of carboxylic acids is 1. The van der Waals surface area contributed by atoms with Crippen molar-refractivity contribution in [1.82, 2.24) is 25.9 Å². The Labute approximate surface area is 254 Å². The van der Waals surface area contributed by atoms with Crippen LogP contribution in [-0.2, 0) is 32.0 Å². The molecule has 0 spiro atoms. The van der Waals surface area contributed by atoms with E-state index >= 15 is 0 Å². The van der Waals surface area contributed by atoms with Gasteiger partial charge in [0.15, 0.2) is 0 Å². The molecule has 0 fully saturated rings. The minimum absolute atomic E-state index is 0.0126. The number of aromatic amines is 2. The summed E-state index contributed by atoms with van der Waals surface area (Å²) >= 11 is 0. The molecule has 2 aromatic carbocycles. The quantitative estimate of drug-likeness (QED) is 0.107. The highest BCUT2D eigenvalue weighted by Crippen LogP contribution is 2.20. The minimum Gasteiger partial charge on any atom is -0.480 e. The lowest BCUT2D eigenvalue weighted by Crippen LogP contribution is -2.60. The van der Waals surface area contributed by atoms with Gasteiger partial charge in [0.25, 0.3) is 0 Å². The average Bonchev–Trinajstić information content (AvgIpc) is 3.58. The summed E-state index contributed by atoms with van der Waals surface area (Å²) in [6.07, 6.45) is 2.56. The smallest absolute Gasteiger partial charge is 0.326 e. The van der Waals surface area contributed by atoms with Gasteiger partial charge >= 0.3 is 5.97 Å². The third-order valence-electron chi connectivity index (χ3n) is 7.57. The summed E-state index contributed by atoms with van der Waals surface area (Å²) < 4.78 is 0. The molecule has 0 bridgehead atoms. The number of amides is 3. The predicted octanol–water partition coefficient (Wildman–Crippen LogP) is 1.73. The van der Waals surface area contributed by atoms with Crippen molar-refractivity contribution in [3.63, 3.8) is 0 Å². The number of nitrogens with two attached hydrogens (primary N) is 1. The van der Waals surface area contributed by atoms with Gasteiger partial charge in [-0.15, -0.1) is 0 Å². The highest BCUT2D eigenvalue weighted by molar-refractivity contribution is 5.95. The first-order valence-electron chi connectivity index (χ1n) is 14.6. The Morgan fingerprint density at radius 1 is 0.750 bits per heavy atom. The number of aliphatic hydroxyl groups excluding tert-OH is 1. The van der Waals surface area contributed by atoms with E-state index in [0.29, 0.717) is 0 Å². The molecule has 44 heavy (non-hydrogen) atoms. The summed E-state index contributed by atoms with van der Waals surface area (Å²) in [6.45, 7) is 5.02.